The van der Waals surface area contributed by atoms with Crippen LogP contribution in [0.5, 0.6) is 5.75 Å². The molecule has 1 aromatic rings. The molecule has 0 radical (unpaired) electrons. The molecular formula is C17H23N4O+. The van der Waals surface area contributed by atoms with Crippen molar-refractivity contribution in [2.24, 2.45) is 5.41 Å². The predicted octanol–water partition coefficient (Wildman–Crippen LogP) is 2.51. The zero-order valence-corrected chi connectivity index (χ0v) is 13.7. The van der Waals surface area contributed by atoms with Gasteiger partial charge in [0, 0.05) is 25.5 Å². The van der Waals surface area contributed by atoms with Crippen LogP contribution >= 0.6 is 0 Å². The van der Waals surface area contributed by atoms with Gasteiger partial charge in [-0.1, -0.05) is 0 Å². The molecule has 1 saturated heterocycles. The third kappa shape index (κ3) is 1.78. The van der Waals surface area contributed by atoms with Crippen LogP contribution < -0.4 is 14.1 Å². The molecule has 0 amide bonds. The van der Waals surface area contributed by atoms with Gasteiger partial charge in [0.1, 0.15) is 30.8 Å². The Hall–Kier alpha value is -2.01. The van der Waals surface area contributed by atoms with E-state index in [9.17, 15) is 0 Å². The van der Waals surface area contributed by atoms with Gasteiger partial charge >= 0.3 is 0 Å². The summed E-state index contributed by atoms with van der Waals surface area (Å²) in [5, 5.41) is 0. The number of hydrogen-bond acceptors (Lipinski definition) is 4. The van der Waals surface area contributed by atoms with E-state index in [4.69, 9.17) is 9.72 Å². The first-order valence-electron chi connectivity index (χ1n) is 7.77. The van der Waals surface area contributed by atoms with Gasteiger partial charge in [-0.25, -0.2) is 4.48 Å². The number of pyridine rings is 1. The number of nitrogens with zero attached hydrogens (tertiary/aromatic N) is 4. The lowest BCUT2D eigenvalue weighted by atomic mass is 9.84. The van der Waals surface area contributed by atoms with Gasteiger partial charge in [-0.3, -0.25) is 0 Å². The highest BCUT2D eigenvalue weighted by Crippen LogP contribution is 2.49. The number of rotatable bonds is 3. The first kappa shape index (κ1) is 13.6. The fourth-order valence-electron chi connectivity index (χ4n) is 3.86. The Morgan fingerprint density at radius 3 is 2.64 bits per heavy atom. The van der Waals surface area contributed by atoms with E-state index in [1.54, 1.807) is 7.11 Å². The normalized spacial score (nSPS) is 35.2. The van der Waals surface area contributed by atoms with E-state index in [0.29, 0.717) is 5.41 Å². The zero-order chi connectivity index (χ0) is 15.5. The second kappa shape index (κ2) is 4.26. The van der Waals surface area contributed by atoms with Crippen LogP contribution in [-0.4, -0.2) is 43.3 Å². The van der Waals surface area contributed by atoms with E-state index in [-0.39, 0.29) is 6.17 Å². The maximum atomic E-state index is 5.53. The van der Waals surface area contributed by atoms with E-state index in [0.717, 1.165) is 35.0 Å². The van der Waals surface area contributed by atoms with Crippen LogP contribution in [0.25, 0.3) is 0 Å². The van der Waals surface area contributed by atoms with Gasteiger partial charge in [0.2, 0.25) is 5.82 Å². The summed E-state index contributed by atoms with van der Waals surface area (Å²) in [7, 11) is 3.80. The van der Waals surface area contributed by atoms with Gasteiger partial charge in [-0.2, -0.15) is 4.98 Å². The first-order valence-corrected chi connectivity index (χ1v) is 7.77. The summed E-state index contributed by atoms with van der Waals surface area (Å²) in [6, 6.07) is 4.09. The predicted molar refractivity (Wildman–Crippen MR) is 88.4 cm³/mol. The highest BCUT2D eigenvalue weighted by Gasteiger charge is 2.58. The summed E-state index contributed by atoms with van der Waals surface area (Å²) < 4.78 is 6.38. The van der Waals surface area contributed by atoms with Crippen molar-refractivity contribution >= 4 is 11.6 Å². The molecule has 5 heterocycles. The molecule has 0 saturated carbocycles. The van der Waals surface area contributed by atoms with Crippen LogP contribution in [0.3, 0.4) is 0 Å². The summed E-state index contributed by atoms with van der Waals surface area (Å²) in [4.78, 5) is 9.31. The Labute approximate surface area is 131 Å². The number of quaternary nitrogens is 1. The maximum absolute atomic E-state index is 5.53. The van der Waals surface area contributed by atoms with Gasteiger partial charge in [0.05, 0.1) is 24.8 Å². The second-order valence-electron chi connectivity index (χ2n) is 7.05. The van der Waals surface area contributed by atoms with E-state index in [1.165, 1.54) is 0 Å². The Morgan fingerprint density at radius 2 is 2.09 bits per heavy atom. The van der Waals surface area contributed by atoms with Crippen molar-refractivity contribution in [3.63, 3.8) is 0 Å². The number of hydrogen-bond donors (Lipinski definition) is 0. The Kier molecular flexibility index (Phi) is 2.64. The molecular weight excluding hydrogens is 276 g/mol. The standard InChI is InChI=1S/C17H23N4O/c1-13-19(3)6-7-20(13)15-9-14(22-4)10-16(18-15)21-8-5-17(2,11-21)12-21/h5-10,13H,11-12H2,1-4H3/q+1/t13-,17?,21?/m0/s1. The van der Waals surface area contributed by atoms with Crippen LogP contribution in [0.4, 0.5) is 11.6 Å². The minimum Gasteiger partial charge on any atom is -0.496 e. The maximum Gasteiger partial charge on any atom is 0.237 e. The topological polar surface area (TPSA) is 28.6 Å². The molecule has 5 heteroatoms. The third-order valence-corrected chi connectivity index (χ3v) is 5.23. The average Bonchev–Trinajstić information content (AvgIpc) is 3.11. The van der Waals surface area contributed by atoms with Crippen LogP contribution in [0.15, 0.2) is 36.8 Å². The first-order chi connectivity index (χ1) is 10.4. The molecule has 1 atom stereocenters. The molecule has 22 heavy (non-hydrogen) atoms. The molecule has 0 N–H and O–H groups in total. The van der Waals surface area contributed by atoms with Gasteiger partial charge < -0.3 is 14.5 Å². The van der Waals surface area contributed by atoms with Crippen LogP contribution in [0, 0.1) is 5.41 Å². The molecule has 0 aliphatic carbocycles. The molecule has 5 rings (SSSR count). The van der Waals surface area contributed by atoms with E-state index in [1.807, 2.05) is 6.07 Å². The Bertz CT molecular complexity index is 675. The highest BCUT2D eigenvalue weighted by molar-refractivity contribution is 5.58. The average molecular weight is 299 g/mol. The second-order valence-corrected chi connectivity index (χ2v) is 7.05. The lowest BCUT2D eigenvalue weighted by Gasteiger charge is -2.45. The minimum absolute atomic E-state index is 0.267. The van der Waals surface area contributed by atoms with Crippen molar-refractivity contribution in [2.45, 2.75) is 20.0 Å². The summed E-state index contributed by atoms with van der Waals surface area (Å²) >= 11 is 0. The lowest BCUT2D eigenvalue weighted by Crippen LogP contribution is -2.61. The monoisotopic (exact) mass is 299 g/mol. The van der Waals surface area contributed by atoms with Gasteiger partial charge in [-0.05, 0) is 19.9 Å². The Balaban J connectivity index is 1.74. The van der Waals surface area contributed by atoms with Crippen molar-refractivity contribution in [3.8, 4) is 5.75 Å². The quantitative estimate of drug-likeness (QED) is 0.802. The third-order valence-electron chi connectivity index (χ3n) is 5.23. The molecule has 0 spiro atoms. The molecule has 4 aliphatic rings. The summed E-state index contributed by atoms with van der Waals surface area (Å²) in [5.41, 5.74) is 0.353. The van der Waals surface area contributed by atoms with Crippen LogP contribution in [0.1, 0.15) is 13.8 Å². The number of anilines is 1. The Morgan fingerprint density at radius 1 is 1.32 bits per heavy atom. The number of ether oxygens (including phenoxy) is 1. The van der Waals surface area contributed by atoms with E-state index < -0.39 is 0 Å². The number of methoxy groups -OCH3 is 1. The summed E-state index contributed by atoms with van der Waals surface area (Å²) in [6.45, 7) is 6.70. The fourth-order valence-corrected chi connectivity index (χ4v) is 3.86. The molecule has 4 aliphatic heterocycles. The summed E-state index contributed by atoms with van der Waals surface area (Å²) in [5.74, 6) is 2.90. The van der Waals surface area contributed by atoms with Crippen LogP contribution in [0.2, 0.25) is 0 Å². The lowest BCUT2D eigenvalue weighted by molar-refractivity contribution is 0.142. The van der Waals surface area contributed by atoms with Crippen molar-refractivity contribution in [1.82, 2.24) is 14.4 Å². The van der Waals surface area contributed by atoms with Gasteiger partial charge in [0.15, 0.2) is 0 Å². The van der Waals surface area contributed by atoms with Gasteiger partial charge in [-0.15, -0.1) is 0 Å². The molecule has 116 valence electrons. The van der Waals surface area contributed by atoms with Crippen molar-refractivity contribution in [2.75, 3.05) is 32.1 Å². The van der Waals surface area contributed by atoms with Gasteiger partial charge in [0.25, 0.3) is 0 Å². The smallest absolute Gasteiger partial charge is 0.237 e. The minimum atomic E-state index is 0.267. The van der Waals surface area contributed by atoms with E-state index >= 15 is 0 Å². The molecule has 0 unspecified atom stereocenters. The zero-order valence-electron chi connectivity index (χ0n) is 13.7. The fraction of sp³-hybridized carbons (Fsp3) is 0.471. The van der Waals surface area contributed by atoms with E-state index in [2.05, 4.69) is 61.4 Å². The number of aromatic nitrogens is 1. The molecule has 2 bridgehead atoms. The molecule has 0 aromatic carbocycles. The highest BCUT2D eigenvalue weighted by atomic mass is 16.5. The molecule has 1 fully saturated rings. The molecule has 5 nitrogen and oxygen atoms in total. The largest absolute Gasteiger partial charge is 0.496 e. The van der Waals surface area contributed by atoms with Crippen molar-refractivity contribution in [1.29, 1.82) is 0 Å². The molecule has 1 aromatic heterocycles. The van der Waals surface area contributed by atoms with Crippen LogP contribution in [-0.2, 0) is 0 Å². The summed E-state index contributed by atoms with van der Waals surface area (Å²) in [6.07, 6.45) is 9.05. The van der Waals surface area contributed by atoms with Crippen molar-refractivity contribution < 1.29 is 4.74 Å². The van der Waals surface area contributed by atoms with Crippen molar-refractivity contribution in [3.05, 3.63) is 36.8 Å². The SMILES string of the molecule is COc1cc(N2C=CN(C)[C@@H]2C)nc([N+]23C=CC(C)(C2)C3)c1.